The molecule has 2 fully saturated rings. The Hall–Kier alpha value is -4.35. The summed E-state index contributed by atoms with van der Waals surface area (Å²) in [5.74, 6) is -0.483. The third-order valence-electron chi connectivity index (χ3n) is 9.56. The molecule has 3 aromatic carbocycles. The largest absolute Gasteiger partial charge is 0.494 e. The van der Waals surface area contributed by atoms with Crippen LogP contribution in [0, 0.1) is 11.7 Å². The summed E-state index contributed by atoms with van der Waals surface area (Å²) in [6.07, 6.45) is 1.73. The van der Waals surface area contributed by atoms with E-state index in [2.05, 4.69) is 0 Å². The number of piperidine rings is 1. The first-order valence-electron chi connectivity index (χ1n) is 17.4. The van der Waals surface area contributed by atoms with Crippen LogP contribution in [0.2, 0.25) is 0 Å². The molecule has 1 N–H and O–H groups in total. The quantitative estimate of drug-likeness (QED) is 0.238. The van der Waals surface area contributed by atoms with Crippen LogP contribution in [-0.2, 0) is 14.3 Å². The van der Waals surface area contributed by atoms with Gasteiger partial charge in [-0.25, -0.2) is 9.18 Å². The number of likely N-dealkylation sites (tertiary alicyclic amines) is 1. The lowest BCUT2D eigenvalue weighted by atomic mass is 9.78. The maximum absolute atomic E-state index is 15.0. The minimum absolute atomic E-state index is 0.0167. The molecule has 3 atom stereocenters. The van der Waals surface area contributed by atoms with E-state index in [1.165, 1.54) is 13.2 Å². The van der Waals surface area contributed by atoms with Crippen molar-refractivity contribution in [2.45, 2.75) is 70.2 Å². The second-order valence-electron chi connectivity index (χ2n) is 14.3. The summed E-state index contributed by atoms with van der Waals surface area (Å²) < 4.78 is 36.7. The molecule has 11 heteroatoms. The second kappa shape index (κ2) is 14.9. The molecule has 0 radical (unpaired) electrons. The molecule has 0 aromatic heterocycles. The lowest BCUT2D eigenvalue weighted by molar-refractivity contribution is -0.124. The van der Waals surface area contributed by atoms with Gasteiger partial charge in [0.2, 0.25) is 5.91 Å². The summed E-state index contributed by atoms with van der Waals surface area (Å²) in [5.41, 5.74) is 3.24. The van der Waals surface area contributed by atoms with Gasteiger partial charge in [-0.3, -0.25) is 4.79 Å². The number of carbonyl (C=O) groups excluding carboxylic acids is 2. The average molecular weight is 690 g/mol. The molecule has 6 rings (SSSR count). The van der Waals surface area contributed by atoms with Gasteiger partial charge < -0.3 is 38.8 Å². The number of ether oxygens (including phenoxy) is 4. The molecular weight excluding hydrogens is 641 g/mol. The SMILES string of the molecule is COCCCN1c2cc(N(C(=O)[C@H]3CN(C(=O)OC(C)(C)C)CC[C@@H]3c3cccc(-c4ccc(OC)c(F)c4)c3)C3CC3)ccc2OCC1O. The Balaban J connectivity index is 1.35. The van der Waals surface area contributed by atoms with Gasteiger partial charge in [-0.05, 0) is 99.4 Å². The van der Waals surface area contributed by atoms with Crippen LogP contribution in [0.3, 0.4) is 0 Å². The zero-order valence-corrected chi connectivity index (χ0v) is 29.6. The molecule has 1 aliphatic carbocycles. The first kappa shape index (κ1) is 35.5. The summed E-state index contributed by atoms with van der Waals surface area (Å²) in [5, 5.41) is 10.9. The van der Waals surface area contributed by atoms with Crippen molar-refractivity contribution in [2.75, 3.05) is 56.9 Å². The summed E-state index contributed by atoms with van der Waals surface area (Å²) >= 11 is 0. The number of fused-ring (bicyclic) bond motifs is 1. The molecule has 10 nitrogen and oxygen atoms in total. The van der Waals surface area contributed by atoms with E-state index in [4.69, 9.17) is 18.9 Å². The predicted octanol–water partition coefficient (Wildman–Crippen LogP) is 6.59. The van der Waals surface area contributed by atoms with Gasteiger partial charge in [0.25, 0.3) is 0 Å². The number of amides is 2. The number of nitrogens with zero attached hydrogens (tertiary/aromatic N) is 3. The van der Waals surface area contributed by atoms with Crippen LogP contribution in [0.15, 0.2) is 60.7 Å². The predicted molar refractivity (Wildman–Crippen MR) is 189 cm³/mol. The fourth-order valence-electron chi connectivity index (χ4n) is 6.98. The molecule has 268 valence electrons. The van der Waals surface area contributed by atoms with Crippen LogP contribution < -0.4 is 19.3 Å². The maximum atomic E-state index is 15.0. The number of aliphatic hydroxyl groups excluding tert-OH is 1. The first-order chi connectivity index (χ1) is 24.0. The Labute approximate surface area is 293 Å². The molecular formula is C39H48FN3O7. The maximum Gasteiger partial charge on any atom is 0.410 e. The molecule has 1 unspecified atom stereocenters. The van der Waals surface area contributed by atoms with E-state index in [-0.39, 0.29) is 36.8 Å². The van der Waals surface area contributed by atoms with Crippen LogP contribution in [0.4, 0.5) is 20.6 Å². The lowest BCUT2D eigenvalue weighted by Gasteiger charge is -2.41. The summed E-state index contributed by atoms with van der Waals surface area (Å²) in [6.45, 7) is 7.39. The number of rotatable bonds is 10. The van der Waals surface area contributed by atoms with Crippen molar-refractivity contribution in [3.63, 3.8) is 0 Å². The monoisotopic (exact) mass is 689 g/mol. The number of methoxy groups -OCH3 is 2. The van der Waals surface area contributed by atoms with Crippen LogP contribution >= 0.6 is 0 Å². The van der Waals surface area contributed by atoms with Crippen LogP contribution in [0.5, 0.6) is 11.5 Å². The van der Waals surface area contributed by atoms with Crippen molar-refractivity contribution in [3.8, 4) is 22.6 Å². The highest BCUT2D eigenvalue weighted by molar-refractivity contribution is 5.98. The lowest BCUT2D eigenvalue weighted by Crippen LogP contribution is -2.51. The van der Waals surface area contributed by atoms with Crippen molar-refractivity contribution in [2.24, 2.45) is 5.92 Å². The standard InChI is InChI=1S/C39H48FN3O7/c1-39(2,3)50-38(46)41-18-16-30(27-9-6-8-25(20-27)26-10-14-34(48-5)32(40)21-26)31(23-41)37(45)43(28-11-12-28)29-13-15-35-33(22-29)42(17-7-19-47-4)36(44)24-49-35/h6,8-10,13-15,20-22,28,30-31,36,44H,7,11-12,16-19,23-24H2,1-5H3/t30-,31+,36?/m1/s1. The number of halogens is 1. The zero-order chi connectivity index (χ0) is 35.6. The van der Waals surface area contributed by atoms with Gasteiger partial charge in [-0.1, -0.05) is 30.3 Å². The van der Waals surface area contributed by atoms with Crippen LogP contribution in [-0.4, -0.2) is 86.9 Å². The Morgan fingerprint density at radius 2 is 1.80 bits per heavy atom. The van der Waals surface area contributed by atoms with E-state index in [1.54, 1.807) is 18.1 Å². The van der Waals surface area contributed by atoms with Gasteiger partial charge in [-0.15, -0.1) is 0 Å². The van der Waals surface area contributed by atoms with Crippen molar-refractivity contribution in [1.29, 1.82) is 0 Å². The normalized spacial score (nSPS) is 20.5. The second-order valence-corrected chi connectivity index (χ2v) is 14.3. The fraction of sp³-hybridized carbons (Fsp3) is 0.487. The molecule has 50 heavy (non-hydrogen) atoms. The van der Waals surface area contributed by atoms with Gasteiger partial charge in [0.05, 0.1) is 18.7 Å². The number of aliphatic hydroxyl groups is 1. The van der Waals surface area contributed by atoms with Gasteiger partial charge in [-0.2, -0.15) is 0 Å². The van der Waals surface area contributed by atoms with E-state index in [9.17, 15) is 19.1 Å². The van der Waals surface area contributed by atoms with Crippen molar-refractivity contribution >= 4 is 23.4 Å². The van der Waals surface area contributed by atoms with E-state index in [0.717, 1.165) is 41.8 Å². The minimum Gasteiger partial charge on any atom is -0.494 e. The number of anilines is 2. The highest BCUT2D eigenvalue weighted by Crippen LogP contribution is 2.43. The molecule has 2 amide bonds. The van der Waals surface area contributed by atoms with Crippen LogP contribution in [0.1, 0.15) is 57.9 Å². The molecule has 0 spiro atoms. The van der Waals surface area contributed by atoms with E-state index >= 15 is 0 Å². The van der Waals surface area contributed by atoms with E-state index < -0.39 is 29.7 Å². The smallest absolute Gasteiger partial charge is 0.410 e. The van der Waals surface area contributed by atoms with Gasteiger partial charge in [0.15, 0.2) is 17.8 Å². The van der Waals surface area contributed by atoms with Crippen molar-refractivity contribution in [3.05, 3.63) is 72.0 Å². The molecule has 3 aromatic rings. The molecule has 0 bridgehead atoms. The van der Waals surface area contributed by atoms with E-state index in [1.807, 2.05) is 79.1 Å². The summed E-state index contributed by atoms with van der Waals surface area (Å²) in [4.78, 5) is 33.8. The highest BCUT2D eigenvalue weighted by atomic mass is 19.1. The van der Waals surface area contributed by atoms with Gasteiger partial charge in [0.1, 0.15) is 18.0 Å². The molecule has 1 saturated carbocycles. The average Bonchev–Trinajstić information content (AvgIpc) is 3.93. The minimum atomic E-state index is -0.823. The number of hydrogen-bond acceptors (Lipinski definition) is 8. The molecule has 2 heterocycles. The summed E-state index contributed by atoms with van der Waals surface area (Å²) in [7, 11) is 3.09. The highest BCUT2D eigenvalue weighted by Gasteiger charge is 2.44. The third-order valence-corrected chi connectivity index (χ3v) is 9.56. The topological polar surface area (TPSA) is 101 Å². The molecule has 1 saturated heterocycles. The van der Waals surface area contributed by atoms with Gasteiger partial charge >= 0.3 is 6.09 Å². The summed E-state index contributed by atoms with van der Waals surface area (Å²) in [6, 6.07) is 18.5. The first-order valence-corrected chi connectivity index (χ1v) is 17.4. The Kier molecular flexibility index (Phi) is 10.5. The third kappa shape index (κ3) is 7.84. The number of benzene rings is 3. The number of carbonyl (C=O) groups is 2. The van der Waals surface area contributed by atoms with Crippen LogP contribution in [0.25, 0.3) is 11.1 Å². The van der Waals surface area contributed by atoms with Crippen molar-refractivity contribution in [1.82, 2.24) is 4.90 Å². The Bertz CT molecular complexity index is 1690. The Morgan fingerprint density at radius 3 is 2.50 bits per heavy atom. The molecule has 3 aliphatic rings. The number of hydrogen-bond donors (Lipinski definition) is 1. The fourth-order valence-corrected chi connectivity index (χ4v) is 6.98. The van der Waals surface area contributed by atoms with Gasteiger partial charge in [0, 0.05) is 45.1 Å². The zero-order valence-electron chi connectivity index (χ0n) is 29.6. The van der Waals surface area contributed by atoms with Crippen molar-refractivity contribution < 1.29 is 38.0 Å². The van der Waals surface area contributed by atoms with E-state index in [0.29, 0.717) is 37.4 Å². The molecule has 2 aliphatic heterocycles. The Morgan fingerprint density at radius 1 is 1.02 bits per heavy atom.